The van der Waals surface area contributed by atoms with Crippen LogP contribution in [0.2, 0.25) is 0 Å². The first-order valence-electron chi connectivity index (χ1n) is 7.54. The number of aryl methyl sites for hydroxylation is 1. The van der Waals surface area contributed by atoms with Crippen LogP contribution in [0.1, 0.15) is 16.8 Å². The molecular formula is C17H19N5. The number of aromatic nitrogens is 3. The lowest BCUT2D eigenvalue weighted by atomic mass is 9.99. The van der Waals surface area contributed by atoms with Crippen LogP contribution in [0.15, 0.2) is 30.6 Å². The van der Waals surface area contributed by atoms with Crippen LogP contribution in [-0.4, -0.2) is 14.5 Å². The minimum Gasteiger partial charge on any atom is -0.383 e. The van der Waals surface area contributed by atoms with Gasteiger partial charge in [-0.3, -0.25) is 0 Å². The van der Waals surface area contributed by atoms with Crippen molar-refractivity contribution < 1.29 is 0 Å². The Morgan fingerprint density at radius 3 is 2.91 bits per heavy atom. The second-order valence-corrected chi connectivity index (χ2v) is 6.17. The SMILES string of the molecule is Cn1ccc2c(N)nc(CC3Cc4ccnc(N)c4C3)cc21. The van der Waals surface area contributed by atoms with E-state index in [0.29, 0.717) is 17.6 Å². The van der Waals surface area contributed by atoms with Gasteiger partial charge in [-0.1, -0.05) is 0 Å². The highest BCUT2D eigenvalue weighted by molar-refractivity contribution is 5.89. The van der Waals surface area contributed by atoms with Crippen molar-refractivity contribution in [1.29, 1.82) is 0 Å². The lowest BCUT2D eigenvalue weighted by Crippen LogP contribution is -2.07. The van der Waals surface area contributed by atoms with Gasteiger partial charge in [-0.25, -0.2) is 9.97 Å². The van der Waals surface area contributed by atoms with E-state index in [1.165, 1.54) is 11.1 Å². The van der Waals surface area contributed by atoms with Crippen molar-refractivity contribution in [3.8, 4) is 0 Å². The van der Waals surface area contributed by atoms with E-state index in [1.54, 1.807) is 6.20 Å². The third-order valence-electron chi connectivity index (χ3n) is 4.65. The van der Waals surface area contributed by atoms with Crippen LogP contribution in [0.3, 0.4) is 0 Å². The fraction of sp³-hybridized carbons (Fsp3) is 0.294. The zero-order valence-corrected chi connectivity index (χ0v) is 12.6. The second kappa shape index (κ2) is 4.73. The topological polar surface area (TPSA) is 82.8 Å². The average molecular weight is 293 g/mol. The Morgan fingerprint density at radius 2 is 2.09 bits per heavy atom. The minimum atomic E-state index is 0.520. The van der Waals surface area contributed by atoms with E-state index in [4.69, 9.17) is 11.5 Å². The average Bonchev–Trinajstić information content (AvgIpc) is 3.05. The van der Waals surface area contributed by atoms with Crippen molar-refractivity contribution in [3.05, 3.63) is 47.4 Å². The van der Waals surface area contributed by atoms with Crippen molar-refractivity contribution in [3.63, 3.8) is 0 Å². The summed E-state index contributed by atoms with van der Waals surface area (Å²) in [5.74, 6) is 1.81. The van der Waals surface area contributed by atoms with Crippen LogP contribution in [0.25, 0.3) is 10.9 Å². The predicted molar refractivity (Wildman–Crippen MR) is 88.4 cm³/mol. The molecule has 112 valence electrons. The summed E-state index contributed by atoms with van der Waals surface area (Å²) in [7, 11) is 2.03. The molecule has 1 aliphatic rings. The van der Waals surface area contributed by atoms with Gasteiger partial charge >= 0.3 is 0 Å². The molecule has 3 heterocycles. The van der Waals surface area contributed by atoms with Crippen molar-refractivity contribution >= 4 is 22.5 Å². The molecule has 5 nitrogen and oxygen atoms in total. The van der Waals surface area contributed by atoms with Gasteiger partial charge in [0.15, 0.2) is 0 Å². The molecular weight excluding hydrogens is 274 g/mol. The summed E-state index contributed by atoms with van der Waals surface area (Å²) < 4.78 is 2.09. The van der Waals surface area contributed by atoms with Crippen molar-refractivity contribution in [2.75, 3.05) is 11.5 Å². The molecule has 5 heteroatoms. The van der Waals surface area contributed by atoms with Gasteiger partial charge in [0.1, 0.15) is 11.6 Å². The number of pyridine rings is 2. The molecule has 4 rings (SSSR count). The summed E-state index contributed by atoms with van der Waals surface area (Å²) in [6, 6.07) is 6.24. The van der Waals surface area contributed by atoms with Gasteiger partial charge in [-0.15, -0.1) is 0 Å². The monoisotopic (exact) mass is 293 g/mol. The smallest absolute Gasteiger partial charge is 0.133 e. The van der Waals surface area contributed by atoms with Gasteiger partial charge in [0.25, 0.3) is 0 Å². The van der Waals surface area contributed by atoms with E-state index >= 15 is 0 Å². The van der Waals surface area contributed by atoms with Crippen LogP contribution in [-0.2, 0) is 26.3 Å². The van der Waals surface area contributed by atoms with Crippen LogP contribution in [0.5, 0.6) is 0 Å². The van der Waals surface area contributed by atoms with Gasteiger partial charge in [-0.2, -0.15) is 0 Å². The molecule has 3 aromatic rings. The highest BCUT2D eigenvalue weighted by atomic mass is 14.9. The molecule has 0 aromatic carbocycles. The number of nitrogens with zero attached hydrogens (tertiary/aromatic N) is 3. The van der Waals surface area contributed by atoms with E-state index in [2.05, 4.69) is 26.7 Å². The van der Waals surface area contributed by atoms with Crippen LogP contribution >= 0.6 is 0 Å². The maximum absolute atomic E-state index is 6.10. The third kappa shape index (κ3) is 2.01. The van der Waals surface area contributed by atoms with Gasteiger partial charge in [-0.05, 0) is 54.5 Å². The minimum absolute atomic E-state index is 0.520. The van der Waals surface area contributed by atoms with E-state index in [9.17, 15) is 0 Å². The molecule has 3 aromatic heterocycles. The zero-order chi connectivity index (χ0) is 15.3. The molecule has 0 saturated heterocycles. The lowest BCUT2D eigenvalue weighted by molar-refractivity contribution is 0.552. The maximum atomic E-state index is 6.10. The van der Waals surface area contributed by atoms with Crippen molar-refractivity contribution in [2.24, 2.45) is 13.0 Å². The molecule has 0 bridgehead atoms. The highest BCUT2D eigenvalue weighted by Crippen LogP contribution is 2.32. The molecule has 1 aliphatic carbocycles. The molecule has 4 N–H and O–H groups in total. The standard InChI is InChI=1S/C17H19N5/c1-22-5-3-13-15(22)9-12(21-17(13)19)7-10-6-11-2-4-20-16(18)14(11)8-10/h2-5,9-10H,6-8H2,1H3,(H2,18,20)(H2,19,21). The van der Waals surface area contributed by atoms with Gasteiger partial charge < -0.3 is 16.0 Å². The summed E-state index contributed by atoms with van der Waals surface area (Å²) >= 11 is 0. The Kier molecular flexibility index (Phi) is 2.82. The van der Waals surface area contributed by atoms with Crippen molar-refractivity contribution in [1.82, 2.24) is 14.5 Å². The molecule has 1 unspecified atom stereocenters. The Balaban J connectivity index is 1.63. The van der Waals surface area contributed by atoms with Crippen LogP contribution in [0, 0.1) is 5.92 Å². The molecule has 0 saturated carbocycles. The third-order valence-corrected chi connectivity index (χ3v) is 4.65. The highest BCUT2D eigenvalue weighted by Gasteiger charge is 2.24. The Hall–Kier alpha value is -2.56. The number of hydrogen-bond acceptors (Lipinski definition) is 4. The quantitative estimate of drug-likeness (QED) is 0.758. The predicted octanol–water partition coefficient (Wildman–Crippen LogP) is 2.09. The molecule has 0 amide bonds. The summed E-state index contributed by atoms with van der Waals surface area (Å²) in [5.41, 5.74) is 16.8. The van der Waals surface area contributed by atoms with E-state index < -0.39 is 0 Å². The molecule has 1 atom stereocenters. The summed E-state index contributed by atoms with van der Waals surface area (Å²) in [6.45, 7) is 0. The first-order chi connectivity index (χ1) is 10.6. The summed E-state index contributed by atoms with van der Waals surface area (Å²) in [5, 5.41) is 1.02. The van der Waals surface area contributed by atoms with E-state index in [0.717, 1.165) is 35.9 Å². The maximum Gasteiger partial charge on any atom is 0.133 e. The lowest BCUT2D eigenvalue weighted by Gasteiger charge is -2.10. The Labute approximate surface area is 129 Å². The number of nitrogens with two attached hydrogens (primary N) is 2. The number of rotatable bonds is 2. The number of anilines is 2. The number of hydrogen-bond donors (Lipinski definition) is 2. The number of fused-ring (bicyclic) bond motifs is 2. The fourth-order valence-corrected chi connectivity index (χ4v) is 3.54. The molecule has 0 radical (unpaired) electrons. The Bertz CT molecular complexity index is 865. The summed E-state index contributed by atoms with van der Waals surface area (Å²) in [6.07, 6.45) is 6.74. The summed E-state index contributed by atoms with van der Waals surface area (Å²) in [4.78, 5) is 8.77. The first-order valence-corrected chi connectivity index (χ1v) is 7.54. The van der Waals surface area contributed by atoms with Gasteiger partial charge in [0.05, 0.1) is 5.52 Å². The van der Waals surface area contributed by atoms with Crippen LogP contribution in [0.4, 0.5) is 11.6 Å². The largest absolute Gasteiger partial charge is 0.383 e. The fourth-order valence-electron chi connectivity index (χ4n) is 3.54. The zero-order valence-electron chi connectivity index (χ0n) is 12.6. The molecule has 0 spiro atoms. The second-order valence-electron chi connectivity index (χ2n) is 6.17. The number of nitrogen functional groups attached to an aromatic ring is 2. The van der Waals surface area contributed by atoms with Crippen LogP contribution < -0.4 is 11.5 Å². The van der Waals surface area contributed by atoms with Crippen molar-refractivity contribution in [2.45, 2.75) is 19.3 Å². The molecule has 22 heavy (non-hydrogen) atoms. The normalized spacial score (nSPS) is 17.0. The first kappa shape index (κ1) is 13.1. The van der Waals surface area contributed by atoms with E-state index in [1.807, 2.05) is 19.3 Å². The molecule has 0 fully saturated rings. The Morgan fingerprint density at radius 1 is 1.23 bits per heavy atom. The molecule has 0 aliphatic heterocycles. The van der Waals surface area contributed by atoms with E-state index in [-0.39, 0.29) is 0 Å². The van der Waals surface area contributed by atoms with Gasteiger partial charge in [0, 0.05) is 30.5 Å². The van der Waals surface area contributed by atoms with Gasteiger partial charge in [0.2, 0.25) is 0 Å².